The van der Waals surface area contributed by atoms with E-state index in [1.54, 1.807) is 0 Å². The van der Waals surface area contributed by atoms with Crippen molar-refractivity contribution in [2.24, 2.45) is 11.7 Å². The molecule has 1 fully saturated rings. The maximum atomic E-state index is 6.43. The fourth-order valence-corrected chi connectivity index (χ4v) is 3.69. The zero-order valence-corrected chi connectivity index (χ0v) is 12.2. The van der Waals surface area contributed by atoms with E-state index in [-0.39, 0.29) is 0 Å². The fourth-order valence-electron chi connectivity index (χ4n) is 3.69. The standard InChI is InChI=1S/C19H25N/c20-18(13-15-7-2-1-3-8-15)14-17-11-6-10-16-9-4-5-12-19(16)17/h4-6,9-12,15,18H,1-3,7-8,13-14,20H2. The van der Waals surface area contributed by atoms with E-state index >= 15 is 0 Å². The number of nitrogens with two attached hydrogens (primary N) is 1. The zero-order valence-electron chi connectivity index (χ0n) is 12.2. The lowest BCUT2D eigenvalue weighted by atomic mass is 9.83. The molecule has 3 rings (SSSR count). The molecule has 0 bridgehead atoms. The third kappa shape index (κ3) is 3.21. The molecule has 1 aliphatic rings. The van der Waals surface area contributed by atoms with Gasteiger partial charge < -0.3 is 5.73 Å². The third-order valence-electron chi connectivity index (χ3n) is 4.72. The summed E-state index contributed by atoms with van der Waals surface area (Å²) in [6, 6.07) is 15.5. The highest BCUT2D eigenvalue weighted by Gasteiger charge is 2.17. The van der Waals surface area contributed by atoms with Crippen molar-refractivity contribution < 1.29 is 0 Å². The van der Waals surface area contributed by atoms with Crippen LogP contribution in [0.4, 0.5) is 0 Å². The van der Waals surface area contributed by atoms with Gasteiger partial charge in [-0.1, -0.05) is 74.6 Å². The van der Waals surface area contributed by atoms with Crippen molar-refractivity contribution in [1.82, 2.24) is 0 Å². The number of fused-ring (bicyclic) bond motifs is 1. The monoisotopic (exact) mass is 267 g/mol. The van der Waals surface area contributed by atoms with Gasteiger partial charge in [0.1, 0.15) is 0 Å². The summed E-state index contributed by atoms with van der Waals surface area (Å²) in [5.74, 6) is 0.869. The fraction of sp³-hybridized carbons (Fsp3) is 0.474. The van der Waals surface area contributed by atoms with Crippen LogP contribution in [0.3, 0.4) is 0 Å². The first-order valence-corrected chi connectivity index (χ1v) is 8.05. The molecule has 2 aromatic rings. The molecule has 2 aromatic carbocycles. The van der Waals surface area contributed by atoms with E-state index in [0.29, 0.717) is 6.04 Å². The third-order valence-corrected chi connectivity index (χ3v) is 4.72. The van der Waals surface area contributed by atoms with Crippen LogP contribution in [-0.4, -0.2) is 6.04 Å². The van der Waals surface area contributed by atoms with E-state index in [1.165, 1.54) is 54.9 Å². The van der Waals surface area contributed by atoms with Gasteiger partial charge in [-0.05, 0) is 35.1 Å². The Kier molecular flexibility index (Phi) is 4.37. The van der Waals surface area contributed by atoms with Gasteiger partial charge in [0.05, 0.1) is 0 Å². The van der Waals surface area contributed by atoms with Crippen molar-refractivity contribution in [3.63, 3.8) is 0 Å². The van der Waals surface area contributed by atoms with Crippen molar-refractivity contribution in [2.45, 2.75) is 51.0 Å². The highest BCUT2D eigenvalue weighted by molar-refractivity contribution is 5.85. The molecule has 0 saturated heterocycles. The Bertz CT molecular complexity index is 549. The van der Waals surface area contributed by atoms with Gasteiger partial charge in [-0.3, -0.25) is 0 Å². The summed E-state index contributed by atoms with van der Waals surface area (Å²) in [4.78, 5) is 0. The van der Waals surface area contributed by atoms with Crippen LogP contribution < -0.4 is 5.73 Å². The molecule has 0 radical (unpaired) electrons. The van der Waals surface area contributed by atoms with Gasteiger partial charge >= 0.3 is 0 Å². The van der Waals surface area contributed by atoms with Crippen molar-refractivity contribution in [2.75, 3.05) is 0 Å². The second kappa shape index (κ2) is 6.41. The van der Waals surface area contributed by atoms with Crippen molar-refractivity contribution >= 4 is 10.8 Å². The maximum absolute atomic E-state index is 6.43. The minimum absolute atomic E-state index is 0.309. The molecule has 0 spiro atoms. The molecule has 1 unspecified atom stereocenters. The quantitative estimate of drug-likeness (QED) is 0.855. The van der Waals surface area contributed by atoms with Crippen molar-refractivity contribution in [3.05, 3.63) is 48.0 Å². The summed E-state index contributed by atoms with van der Waals surface area (Å²) in [5.41, 5.74) is 7.84. The Morgan fingerprint density at radius 2 is 1.70 bits per heavy atom. The molecule has 0 aliphatic heterocycles. The van der Waals surface area contributed by atoms with Gasteiger partial charge in [0.25, 0.3) is 0 Å². The predicted molar refractivity (Wildman–Crippen MR) is 86.8 cm³/mol. The van der Waals surface area contributed by atoms with E-state index in [2.05, 4.69) is 42.5 Å². The van der Waals surface area contributed by atoms with Gasteiger partial charge in [0, 0.05) is 6.04 Å². The van der Waals surface area contributed by atoms with Crippen LogP contribution in [0, 0.1) is 5.92 Å². The van der Waals surface area contributed by atoms with Crippen molar-refractivity contribution in [1.29, 1.82) is 0 Å². The SMILES string of the molecule is NC(Cc1cccc2ccccc12)CC1CCCCC1. The van der Waals surface area contributed by atoms with Crippen LogP contribution in [0.25, 0.3) is 10.8 Å². The Morgan fingerprint density at radius 3 is 2.55 bits per heavy atom. The molecule has 1 saturated carbocycles. The minimum atomic E-state index is 0.309. The van der Waals surface area contributed by atoms with Crippen LogP contribution in [0.1, 0.15) is 44.1 Å². The van der Waals surface area contributed by atoms with Crippen LogP contribution in [-0.2, 0) is 6.42 Å². The predicted octanol–water partition coefficient (Wildman–Crippen LogP) is 4.68. The van der Waals surface area contributed by atoms with Gasteiger partial charge in [-0.2, -0.15) is 0 Å². The first kappa shape index (κ1) is 13.6. The summed E-state index contributed by atoms with van der Waals surface area (Å²) < 4.78 is 0. The average molecular weight is 267 g/mol. The van der Waals surface area contributed by atoms with Gasteiger partial charge in [-0.25, -0.2) is 0 Å². The Balaban J connectivity index is 1.69. The first-order valence-electron chi connectivity index (χ1n) is 8.05. The molecular formula is C19H25N. The molecule has 0 amide bonds. The summed E-state index contributed by atoms with van der Waals surface area (Å²) in [7, 11) is 0. The minimum Gasteiger partial charge on any atom is -0.327 e. The highest BCUT2D eigenvalue weighted by atomic mass is 14.6. The molecule has 1 nitrogen and oxygen atoms in total. The van der Waals surface area contributed by atoms with Gasteiger partial charge in [-0.15, -0.1) is 0 Å². The molecule has 20 heavy (non-hydrogen) atoms. The Labute approximate surface area is 122 Å². The summed E-state index contributed by atoms with van der Waals surface area (Å²) >= 11 is 0. The van der Waals surface area contributed by atoms with Crippen LogP contribution in [0.5, 0.6) is 0 Å². The second-order valence-corrected chi connectivity index (χ2v) is 6.34. The topological polar surface area (TPSA) is 26.0 Å². The van der Waals surface area contributed by atoms with Gasteiger partial charge in [0.2, 0.25) is 0 Å². The van der Waals surface area contributed by atoms with Crippen LogP contribution in [0.2, 0.25) is 0 Å². The number of hydrogen-bond donors (Lipinski definition) is 1. The molecule has 0 heterocycles. The number of benzene rings is 2. The van der Waals surface area contributed by atoms with Crippen molar-refractivity contribution in [3.8, 4) is 0 Å². The number of rotatable bonds is 4. The Hall–Kier alpha value is -1.34. The van der Waals surface area contributed by atoms with E-state index in [0.717, 1.165) is 12.3 Å². The highest BCUT2D eigenvalue weighted by Crippen LogP contribution is 2.28. The molecule has 2 N–H and O–H groups in total. The largest absolute Gasteiger partial charge is 0.327 e. The van der Waals surface area contributed by atoms with Gasteiger partial charge in [0.15, 0.2) is 0 Å². The second-order valence-electron chi connectivity index (χ2n) is 6.34. The van der Waals surface area contributed by atoms with E-state index < -0.39 is 0 Å². The zero-order chi connectivity index (χ0) is 13.8. The summed E-state index contributed by atoms with van der Waals surface area (Å²) in [6.45, 7) is 0. The smallest absolute Gasteiger partial charge is 0.00821 e. The molecule has 0 aromatic heterocycles. The normalized spacial score (nSPS) is 18.2. The summed E-state index contributed by atoms with van der Waals surface area (Å²) in [6.07, 6.45) is 9.24. The van der Waals surface area contributed by atoms with E-state index in [9.17, 15) is 0 Å². The van der Waals surface area contributed by atoms with E-state index in [4.69, 9.17) is 5.73 Å². The van der Waals surface area contributed by atoms with Crippen LogP contribution in [0.15, 0.2) is 42.5 Å². The lowest BCUT2D eigenvalue weighted by Crippen LogP contribution is -2.27. The average Bonchev–Trinajstić information content (AvgIpc) is 2.48. The Morgan fingerprint density at radius 1 is 0.950 bits per heavy atom. The lowest BCUT2D eigenvalue weighted by molar-refractivity contribution is 0.317. The van der Waals surface area contributed by atoms with Crippen LogP contribution >= 0.6 is 0 Å². The lowest BCUT2D eigenvalue weighted by Gasteiger charge is -2.24. The van der Waals surface area contributed by atoms with E-state index in [1.807, 2.05) is 0 Å². The molecule has 1 atom stereocenters. The molecule has 1 aliphatic carbocycles. The molecular weight excluding hydrogens is 242 g/mol. The molecule has 1 heteroatoms. The number of hydrogen-bond acceptors (Lipinski definition) is 1. The maximum Gasteiger partial charge on any atom is 0.00821 e. The molecule has 106 valence electrons. The summed E-state index contributed by atoms with van der Waals surface area (Å²) in [5, 5.41) is 2.70. The first-order chi connectivity index (χ1) is 9.83.